The molecule has 0 aromatic carbocycles. The number of esters is 1. The molecule has 0 aliphatic heterocycles. The molecule has 2 unspecified atom stereocenters. The summed E-state index contributed by atoms with van der Waals surface area (Å²) in [5.41, 5.74) is 0. The van der Waals surface area contributed by atoms with Crippen molar-refractivity contribution in [3.05, 3.63) is 12.7 Å². The lowest BCUT2D eigenvalue weighted by atomic mass is 9.99. The molecule has 134 valence electrons. The number of aliphatic carboxylic acids is 1. The second-order valence-corrected chi connectivity index (χ2v) is 7.28. The maximum atomic E-state index is 12.3. The van der Waals surface area contributed by atoms with E-state index in [4.69, 9.17) is 9.84 Å². The summed E-state index contributed by atoms with van der Waals surface area (Å²) < 4.78 is 35.2. The highest BCUT2D eigenvalue weighted by atomic mass is 32.2. The summed E-state index contributed by atoms with van der Waals surface area (Å²) in [5, 5.41) is 8.91. The van der Waals surface area contributed by atoms with Crippen LogP contribution in [-0.2, 0) is 24.4 Å². The topological polar surface area (TPSA) is 118 Å². The Morgan fingerprint density at radius 2 is 1.96 bits per heavy atom. The van der Waals surface area contributed by atoms with E-state index in [0.717, 1.165) is 31.8 Å². The van der Waals surface area contributed by atoms with Crippen molar-refractivity contribution in [1.29, 1.82) is 0 Å². The molecule has 0 aliphatic rings. The average molecular weight is 350 g/mol. The van der Waals surface area contributed by atoms with Crippen molar-refractivity contribution < 1.29 is 32.4 Å². The van der Waals surface area contributed by atoms with E-state index in [-0.39, 0.29) is 12.5 Å². The first-order chi connectivity index (χ1) is 10.6. The van der Waals surface area contributed by atoms with Gasteiger partial charge in [0.2, 0.25) is 4.75 Å². The van der Waals surface area contributed by atoms with Gasteiger partial charge in [-0.05, 0) is 18.8 Å². The molecule has 0 heterocycles. The van der Waals surface area contributed by atoms with Crippen LogP contribution in [-0.4, -0.2) is 41.4 Å². The van der Waals surface area contributed by atoms with Gasteiger partial charge in [-0.15, -0.1) is 6.58 Å². The molecule has 0 saturated carbocycles. The molecule has 0 aliphatic carbocycles. The van der Waals surface area contributed by atoms with Crippen LogP contribution in [0.15, 0.2) is 12.7 Å². The first-order valence-corrected chi connectivity index (χ1v) is 9.05. The smallest absolute Gasteiger partial charge is 0.330 e. The lowest BCUT2D eigenvalue weighted by Crippen LogP contribution is -2.49. The second kappa shape index (κ2) is 9.67. The van der Waals surface area contributed by atoms with Gasteiger partial charge in [-0.1, -0.05) is 39.2 Å². The van der Waals surface area contributed by atoms with Crippen LogP contribution in [0.25, 0.3) is 0 Å². The molecule has 0 amide bonds. The van der Waals surface area contributed by atoms with Crippen molar-refractivity contribution in [2.45, 2.75) is 57.1 Å². The normalized spacial score (nSPS) is 15.4. The van der Waals surface area contributed by atoms with Gasteiger partial charge < -0.3 is 9.84 Å². The minimum Gasteiger partial charge on any atom is -0.481 e. The lowest BCUT2D eigenvalue weighted by Gasteiger charge is -2.26. The van der Waals surface area contributed by atoms with Gasteiger partial charge in [-0.2, -0.15) is 8.42 Å². The van der Waals surface area contributed by atoms with Crippen LogP contribution in [0.5, 0.6) is 0 Å². The molecule has 2 atom stereocenters. The average Bonchev–Trinajstić information content (AvgIpc) is 2.44. The number of unbranched alkanes of at least 4 members (excludes halogenated alkanes) is 1. The fourth-order valence-corrected chi connectivity index (χ4v) is 3.13. The Bertz CT molecular complexity index is 512. The first kappa shape index (κ1) is 21.6. The molecule has 0 bridgehead atoms. The zero-order valence-electron chi connectivity index (χ0n) is 13.7. The molecule has 0 rings (SSSR count). The van der Waals surface area contributed by atoms with Crippen LogP contribution in [0.1, 0.15) is 52.4 Å². The zero-order valence-corrected chi connectivity index (χ0v) is 14.5. The van der Waals surface area contributed by atoms with Gasteiger partial charge >= 0.3 is 11.9 Å². The summed E-state index contributed by atoms with van der Waals surface area (Å²) in [6, 6.07) is 0. The van der Waals surface area contributed by atoms with E-state index in [9.17, 15) is 22.6 Å². The Kier molecular flexibility index (Phi) is 9.07. The van der Waals surface area contributed by atoms with E-state index in [1.807, 2.05) is 13.8 Å². The van der Waals surface area contributed by atoms with E-state index in [1.54, 1.807) is 0 Å². The number of allylic oxidation sites excluding steroid dienone is 1. The molecule has 0 aromatic heterocycles. The molecule has 8 heteroatoms. The number of hydrogen-bond acceptors (Lipinski definition) is 5. The number of carboxylic acid groups (broad SMARTS) is 1. The Balaban J connectivity index is 5.28. The fourth-order valence-electron chi connectivity index (χ4n) is 2.23. The molecule has 23 heavy (non-hydrogen) atoms. The zero-order chi connectivity index (χ0) is 18.1. The summed E-state index contributed by atoms with van der Waals surface area (Å²) in [7, 11) is -4.98. The van der Waals surface area contributed by atoms with E-state index < -0.39 is 39.6 Å². The van der Waals surface area contributed by atoms with Crippen LogP contribution in [0.2, 0.25) is 0 Å². The number of hydrogen-bond donors (Lipinski definition) is 2. The molecule has 0 fully saturated rings. The quantitative estimate of drug-likeness (QED) is 0.315. The summed E-state index contributed by atoms with van der Waals surface area (Å²) in [4.78, 5) is 23.2. The third-order valence-electron chi connectivity index (χ3n) is 3.77. The number of carbonyl (C=O) groups is 2. The molecule has 0 saturated heterocycles. The summed E-state index contributed by atoms with van der Waals surface area (Å²) >= 11 is 0. The van der Waals surface area contributed by atoms with Gasteiger partial charge in [0.15, 0.2) is 0 Å². The third kappa shape index (κ3) is 6.31. The Morgan fingerprint density at radius 1 is 1.35 bits per heavy atom. The minimum absolute atomic E-state index is 0.0106. The van der Waals surface area contributed by atoms with Crippen molar-refractivity contribution in [2.75, 3.05) is 6.61 Å². The van der Waals surface area contributed by atoms with Gasteiger partial charge in [-0.25, -0.2) is 0 Å². The number of carbonyl (C=O) groups excluding carboxylic acids is 1. The summed E-state index contributed by atoms with van der Waals surface area (Å²) in [6.45, 7) is 7.26. The Morgan fingerprint density at radius 3 is 2.35 bits per heavy atom. The fraction of sp³-hybridized carbons (Fsp3) is 0.733. The molecule has 0 spiro atoms. The monoisotopic (exact) mass is 350 g/mol. The highest BCUT2D eigenvalue weighted by Gasteiger charge is 2.52. The van der Waals surface area contributed by atoms with E-state index in [2.05, 4.69) is 6.58 Å². The van der Waals surface area contributed by atoms with E-state index in [1.165, 1.54) is 0 Å². The molecular weight excluding hydrogens is 324 g/mol. The van der Waals surface area contributed by atoms with Crippen LogP contribution in [0.3, 0.4) is 0 Å². The standard InChI is InChI=1S/C15H26O7S/c1-4-7-8-12(6-3)11-22-14(18)15(9-5-2,10-13(16)17)23(19,20)21/h5,12H,2,4,6-11H2,1,3H3,(H,16,17)(H,19,20,21). The van der Waals surface area contributed by atoms with Crippen molar-refractivity contribution in [1.82, 2.24) is 0 Å². The predicted molar refractivity (Wildman–Crippen MR) is 85.6 cm³/mol. The highest BCUT2D eigenvalue weighted by molar-refractivity contribution is 7.88. The van der Waals surface area contributed by atoms with Crippen molar-refractivity contribution in [3.8, 4) is 0 Å². The van der Waals surface area contributed by atoms with Gasteiger partial charge in [0.1, 0.15) is 0 Å². The predicted octanol–water partition coefficient (Wildman–Crippen LogP) is 2.42. The first-order valence-electron chi connectivity index (χ1n) is 7.61. The lowest BCUT2D eigenvalue weighted by molar-refractivity contribution is -0.152. The SMILES string of the molecule is C=CCC(CC(=O)O)(C(=O)OCC(CC)CCCC)S(=O)(=O)O. The van der Waals surface area contributed by atoms with Crippen molar-refractivity contribution in [2.24, 2.45) is 5.92 Å². The van der Waals surface area contributed by atoms with Crippen LogP contribution in [0.4, 0.5) is 0 Å². The maximum Gasteiger partial charge on any atom is 0.330 e. The molecule has 7 nitrogen and oxygen atoms in total. The van der Waals surface area contributed by atoms with Crippen LogP contribution < -0.4 is 0 Å². The van der Waals surface area contributed by atoms with Crippen molar-refractivity contribution in [3.63, 3.8) is 0 Å². The van der Waals surface area contributed by atoms with Gasteiger partial charge in [0.25, 0.3) is 10.1 Å². The molecular formula is C15H26O7S. The summed E-state index contributed by atoms with van der Waals surface area (Å²) in [5.74, 6) is -2.72. The third-order valence-corrected chi connectivity index (χ3v) is 5.24. The highest BCUT2D eigenvalue weighted by Crippen LogP contribution is 2.29. The Labute approximate surface area is 137 Å². The summed E-state index contributed by atoms with van der Waals surface area (Å²) in [6.07, 6.45) is 2.94. The second-order valence-electron chi connectivity index (χ2n) is 5.55. The van der Waals surface area contributed by atoms with E-state index >= 15 is 0 Å². The van der Waals surface area contributed by atoms with Crippen LogP contribution >= 0.6 is 0 Å². The largest absolute Gasteiger partial charge is 0.481 e. The van der Waals surface area contributed by atoms with Crippen molar-refractivity contribution >= 4 is 22.1 Å². The van der Waals surface area contributed by atoms with Crippen LogP contribution in [0, 0.1) is 5.92 Å². The number of carboxylic acids is 1. The van der Waals surface area contributed by atoms with Gasteiger partial charge in [0, 0.05) is 0 Å². The molecule has 2 N–H and O–H groups in total. The number of ether oxygens (including phenoxy) is 1. The van der Waals surface area contributed by atoms with Gasteiger partial charge in [-0.3, -0.25) is 14.1 Å². The maximum absolute atomic E-state index is 12.3. The van der Waals surface area contributed by atoms with E-state index in [0.29, 0.717) is 0 Å². The Hall–Kier alpha value is -1.41. The van der Waals surface area contributed by atoms with Gasteiger partial charge in [0.05, 0.1) is 13.0 Å². The minimum atomic E-state index is -4.98. The molecule has 0 radical (unpaired) electrons. The molecule has 0 aromatic rings. The number of rotatable bonds is 12.